The quantitative estimate of drug-likeness (QED) is 0.209. The van der Waals surface area contributed by atoms with E-state index in [1.54, 1.807) is 0 Å². The monoisotopic (exact) mass is 523 g/mol. The summed E-state index contributed by atoms with van der Waals surface area (Å²) in [6.45, 7) is 0. The maximum absolute atomic E-state index is 2.31. The molecular weight excluding hydrogens is 494 g/mol. The number of benzene rings is 7. The lowest BCUT2D eigenvalue weighted by Gasteiger charge is -2.26. The van der Waals surface area contributed by atoms with Crippen molar-refractivity contribution in [2.75, 3.05) is 4.90 Å². The van der Waals surface area contributed by atoms with Gasteiger partial charge in [-0.25, -0.2) is 0 Å². The molecule has 0 N–H and O–H groups in total. The highest BCUT2D eigenvalue weighted by Crippen LogP contribution is 2.37. The Hall–Kier alpha value is -5.40. The van der Waals surface area contributed by atoms with E-state index >= 15 is 0 Å². The van der Waals surface area contributed by atoms with Crippen LogP contribution in [0.4, 0.5) is 17.1 Å². The van der Waals surface area contributed by atoms with Crippen molar-refractivity contribution in [3.63, 3.8) is 0 Å². The van der Waals surface area contributed by atoms with Gasteiger partial charge in [0.15, 0.2) is 0 Å². The normalized spacial score (nSPS) is 10.9. The molecule has 7 rings (SSSR count). The summed E-state index contributed by atoms with van der Waals surface area (Å²) < 4.78 is 0. The molecule has 1 nitrogen and oxygen atoms in total. The summed E-state index contributed by atoms with van der Waals surface area (Å²) in [7, 11) is 0. The van der Waals surface area contributed by atoms with E-state index in [1.807, 2.05) is 0 Å². The second-order valence-corrected chi connectivity index (χ2v) is 10.2. The highest BCUT2D eigenvalue weighted by atomic mass is 15.1. The molecule has 41 heavy (non-hydrogen) atoms. The zero-order chi connectivity index (χ0) is 27.4. The average molecular weight is 524 g/mol. The Labute approximate surface area is 241 Å². The number of nitrogens with zero attached hydrogens (tertiary/aromatic N) is 1. The molecule has 0 atom stereocenters. The summed E-state index contributed by atoms with van der Waals surface area (Å²) in [5.41, 5.74) is 10.7. The fourth-order valence-electron chi connectivity index (χ4n) is 5.60. The second-order valence-electron chi connectivity index (χ2n) is 10.2. The van der Waals surface area contributed by atoms with E-state index in [4.69, 9.17) is 0 Å². The number of para-hydroxylation sites is 1. The van der Waals surface area contributed by atoms with Crippen molar-refractivity contribution in [1.82, 2.24) is 0 Å². The van der Waals surface area contributed by atoms with Gasteiger partial charge >= 0.3 is 0 Å². The van der Waals surface area contributed by atoms with Crippen LogP contribution in [-0.2, 0) is 0 Å². The molecule has 0 aliphatic carbocycles. The molecular formula is C40H29N. The first kappa shape index (κ1) is 24.6. The Morgan fingerprint density at radius 2 is 0.756 bits per heavy atom. The van der Waals surface area contributed by atoms with Gasteiger partial charge < -0.3 is 4.90 Å². The van der Waals surface area contributed by atoms with Crippen LogP contribution in [0, 0.1) is 0 Å². The fourth-order valence-corrected chi connectivity index (χ4v) is 5.60. The zero-order valence-corrected chi connectivity index (χ0v) is 22.7. The topological polar surface area (TPSA) is 3.24 Å². The molecule has 0 spiro atoms. The first-order valence-corrected chi connectivity index (χ1v) is 14.0. The van der Waals surface area contributed by atoms with Crippen LogP contribution in [0.1, 0.15) is 0 Å². The molecule has 0 fully saturated rings. The number of hydrogen-bond acceptors (Lipinski definition) is 1. The first-order valence-electron chi connectivity index (χ1n) is 14.0. The summed E-state index contributed by atoms with van der Waals surface area (Å²) >= 11 is 0. The fraction of sp³-hybridized carbons (Fsp3) is 0. The number of hydrogen-bond donors (Lipinski definition) is 0. The standard InChI is InChI=1S/C40H29N/c1-3-11-30(12-4-1)31-21-25-37(26-22-31)41(36-17-5-2-6-18-36)38-27-23-32(24-28-38)34-15-9-16-35(29-34)40-20-10-14-33-13-7-8-19-39(33)40/h1-29H. The lowest BCUT2D eigenvalue weighted by molar-refractivity contribution is 1.28. The summed E-state index contributed by atoms with van der Waals surface area (Å²) in [4.78, 5) is 2.31. The molecule has 7 aromatic rings. The molecule has 1 heteroatoms. The van der Waals surface area contributed by atoms with E-state index in [0.29, 0.717) is 0 Å². The largest absolute Gasteiger partial charge is 0.311 e. The Morgan fingerprint density at radius 1 is 0.293 bits per heavy atom. The van der Waals surface area contributed by atoms with Gasteiger partial charge in [-0.2, -0.15) is 0 Å². The van der Waals surface area contributed by atoms with Crippen LogP contribution in [0.15, 0.2) is 176 Å². The van der Waals surface area contributed by atoms with Crippen LogP contribution < -0.4 is 4.90 Å². The summed E-state index contributed by atoms with van der Waals surface area (Å²) in [6, 6.07) is 62.8. The highest BCUT2D eigenvalue weighted by molar-refractivity contribution is 5.97. The number of rotatable bonds is 6. The highest BCUT2D eigenvalue weighted by Gasteiger charge is 2.13. The third-order valence-corrected chi connectivity index (χ3v) is 7.67. The van der Waals surface area contributed by atoms with Crippen LogP contribution in [0.5, 0.6) is 0 Å². The molecule has 0 aromatic heterocycles. The third-order valence-electron chi connectivity index (χ3n) is 7.67. The molecule has 7 aromatic carbocycles. The van der Waals surface area contributed by atoms with Gasteiger partial charge in [0.05, 0.1) is 0 Å². The van der Waals surface area contributed by atoms with E-state index in [-0.39, 0.29) is 0 Å². The smallest absolute Gasteiger partial charge is 0.0462 e. The van der Waals surface area contributed by atoms with E-state index in [9.17, 15) is 0 Å². The lowest BCUT2D eigenvalue weighted by Crippen LogP contribution is -2.09. The van der Waals surface area contributed by atoms with Crippen molar-refractivity contribution in [3.8, 4) is 33.4 Å². The van der Waals surface area contributed by atoms with Gasteiger partial charge in [0.25, 0.3) is 0 Å². The van der Waals surface area contributed by atoms with Gasteiger partial charge in [0, 0.05) is 17.1 Å². The van der Waals surface area contributed by atoms with E-state index < -0.39 is 0 Å². The SMILES string of the molecule is c1ccc(-c2ccc(N(c3ccccc3)c3ccc(-c4cccc(-c5cccc6ccccc56)c4)cc3)cc2)cc1. The van der Waals surface area contributed by atoms with E-state index in [2.05, 4.69) is 181 Å². The van der Waals surface area contributed by atoms with Gasteiger partial charge in [-0.05, 0) is 86.6 Å². The number of fused-ring (bicyclic) bond motifs is 1. The predicted octanol–water partition coefficient (Wildman–Crippen LogP) is 11.3. The molecule has 194 valence electrons. The molecule has 0 saturated heterocycles. The second kappa shape index (κ2) is 11.0. The van der Waals surface area contributed by atoms with Gasteiger partial charge in [0.1, 0.15) is 0 Å². The van der Waals surface area contributed by atoms with Crippen LogP contribution in [0.25, 0.3) is 44.2 Å². The molecule has 0 saturated carbocycles. The Balaban J connectivity index is 1.23. The molecule has 0 unspecified atom stereocenters. The van der Waals surface area contributed by atoms with Crippen molar-refractivity contribution in [1.29, 1.82) is 0 Å². The average Bonchev–Trinajstić information content (AvgIpc) is 3.06. The molecule has 0 aliphatic rings. The van der Waals surface area contributed by atoms with Crippen LogP contribution in [0.3, 0.4) is 0 Å². The van der Waals surface area contributed by atoms with Crippen molar-refractivity contribution in [3.05, 3.63) is 176 Å². The Morgan fingerprint density at radius 3 is 1.46 bits per heavy atom. The van der Waals surface area contributed by atoms with Crippen LogP contribution in [0.2, 0.25) is 0 Å². The first-order chi connectivity index (χ1) is 20.3. The lowest BCUT2D eigenvalue weighted by atomic mass is 9.95. The molecule has 0 bridgehead atoms. The van der Waals surface area contributed by atoms with Crippen molar-refractivity contribution in [2.45, 2.75) is 0 Å². The minimum Gasteiger partial charge on any atom is -0.311 e. The maximum Gasteiger partial charge on any atom is 0.0462 e. The Kier molecular flexibility index (Phi) is 6.61. The van der Waals surface area contributed by atoms with Crippen molar-refractivity contribution in [2.24, 2.45) is 0 Å². The Bertz CT molecular complexity index is 1900. The van der Waals surface area contributed by atoms with Gasteiger partial charge in [-0.1, -0.05) is 133 Å². The zero-order valence-electron chi connectivity index (χ0n) is 22.7. The molecule has 0 heterocycles. The number of anilines is 3. The summed E-state index contributed by atoms with van der Waals surface area (Å²) in [6.07, 6.45) is 0. The molecule has 0 radical (unpaired) electrons. The summed E-state index contributed by atoms with van der Waals surface area (Å²) in [5.74, 6) is 0. The van der Waals surface area contributed by atoms with Gasteiger partial charge in [0.2, 0.25) is 0 Å². The van der Waals surface area contributed by atoms with Crippen molar-refractivity contribution < 1.29 is 0 Å². The minimum absolute atomic E-state index is 1.12. The van der Waals surface area contributed by atoms with Crippen LogP contribution >= 0.6 is 0 Å². The van der Waals surface area contributed by atoms with Crippen LogP contribution in [-0.4, -0.2) is 0 Å². The summed E-state index contributed by atoms with van der Waals surface area (Å²) in [5, 5.41) is 2.54. The van der Waals surface area contributed by atoms with E-state index in [1.165, 1.54) is 44.2 Å². The van der Waals surface area contributed by atoms with Gasteiger partial charge in [-0.15, -0.1) is 0 Å². The third kappa shape index (κ3) is 5.02. The van der Waals surface area contributed by atoms with E-state index in [0.717, 1.165) is 17.1 Å². The van der Waals surface area contributed by atoms with Crippen molar-refractivity contribution >= 4 is 27.8 Å². The predicted molar refractivity (Wildman–Crippen MR) is 175 cm³/mol. The van der Waals surface area contributed by atoms with Gasteiger partial charge in [-0.3, -0.25) is 0 Å². The molecule has 0 aliphatic heterocycles. The maximum atomic E-state index is 2.31. The minimum atomic E-state index is 1.12. The molecule has 0 amide bonds.